The van der Waals surface area contributed by atoms with Crippen LogP contribution in [-0.2, 0) is 26.6 Å². The number of hydrogen-bond donors (Lipinski definition) is 2. The maximum absolute atomic E-state index is 13.4. The van der Waals surface area contributed by atoms with Crippen LogP contribution in [0, 0.1) is 11.6 Å². The molecule has 1 aromatic carbocycles. The van der Waals surface area contributed by atoms with Crippen molar-refractivity contribution in [3.05, 3.63) is 35.4 Å². The van der Waals surface area contributed by atoms with Crippen LogP contribution in [0.4, 0.5) is 8.78 Å². The topological polar surface area (TPSA) is 81.6 Å². The Hall–Kier alpha value is -1.22. The van der Waals surface area contributed by atoms with Crippen molar-refractivity contribution >= 4 is 17.3 Å². The van der Waals surface area contributed by atoms with Gasteiger partial charge in [0.1, 0.15) is 16.4 Å². The van der Waals surface area contributed by atoms with Crippen LogP contribution in [0.1, 0.15) is 40.2 Å². The smallest absolute Gasteiger partial charge is 0.363 e. The average molecular weight is 349 g/mol. The van der Waals surface area contributed by atoms with Gasteiger partial charge >= 0.3 is 5.97 Å². The fourth-order valence-electron chi connectivity index (χ4n) is 1.57. The van der Waals surface area contributed by atoms with Crippen molar-refractivity contribution in [2.45, 2.75) is 51.2 Å². The first-order valence-corrected chi connectivity index (χ1v) is 8.11. The maximum Gasteiger partial charge on any atom is 0.363 e. The number of esters is 1. The van der Waals surface area contributed by atoms with Crippen LogP contribution in [0.5, 0.6) is 0 Å². The van der Waals surface area contributed by atoms with E-state index in [0.717, 1.165) is 12.1 Å². The largest absolute Gasteiger partial charge is 0.598 e. The average Bonchev–Trinajstić information content (AvgIpc) is 2.35. The highest BCUT2D eigenvalue weighted by Gasteiger charge is 2.47. The van der Waals surface area contributed by atoms with E-state index in [0.29, 0.717) is 6.07 Å². The van der Waals surface area contributed by atoms with Crippen LogP contribution in [0.3, 0.4) is 0 Å². The third kappa shape index (κ3) is 5.13. The molecule has 0 heterocycles. The Labute approximate surface area is 137 Å². The van der Waals surface area contributed by atoms with Crippen molar-refractivity contribution in [3.63, 3.8) is 0 Å². The summed E-state index contributed by atoms with van der Waals surface area (Å²) in [5.74, 6) is -3.17. The molecule has 23 heavy (non-hydrogen) atoms. The number of hydrogen-bond acceptors (Lipinski definition) is 5. The fourth-order valence-corrected chi connectivity index (χ4v) is 2.34. The number of aliphatic hydroxyl groups is 1. The molecule has 0 bridgehead atoms. The number of carbonyl (C=O) groups excluding carboxylic acids is 1. The SMILES string of the molecule is CC(C)OC(=O)C(O)(N[S@@+]([O-])C(C)(C)C)c1cc(F)cc(F)c1. The predicted octanol–water partition coefficient (Wildman–Crippen LogP) is 2.11. The summed E-state index contributed by atoms with van der Waals surface area (Å²) >= 11 is -1.90. The number of nitrogens with one attached hydrogen (secondary N) is 1. The Bertz CT molecular complexity index is 557. The van der Waals surface area contributed by atoms with E-state index in [9.17, 15) is 23.2 Å². The molecule has 0 aliphatic carbocycles. The molecule has 0 radical (unpaired) electrons. The van der Waals surface area contributed by atoms with Crippen molar-refractivity contribution in [1.29, 1.82) is 0 Å². The van der Waals surface area contributed by atoms with Crippen molar-refractivity contribution < 1.29 is 28.0 Å². The van der Waals surface area contributed by atoms with Crippen LogP contribution in [0.25, 0.3) is 0 Å². The molecule has 8 heteroatoms. The molecule has 0 aliphatic rings. The van der Waals surface area contributed by atoms with E-state index in [1.165, 1.54) is 0 Å². The minimum atomic E-state index is -2.65. The van der Waals surface area contributed by atoms with Crippen molar-refractivity contribution in [3.8, 4) is 0 Å². The Balaban J connectivity index is 3.32. The van der Waals surface area contributed by atoms with E-state index < -0.39 is 51.1 Å². The molecule has 0 aromatic heterocycles. The third-order valence-electron chi connectivity index (χ3n) is 2.72. The second-order valence-electron chi connectivity index (χ2n) is 6.31. The predicted molar refractivity (Wildman–Crippen MR) is 82.5 cm³/mol. The summed E-state index contributed by atoms with van der Waals surface area (Å²) < 4.78 is 45.5. The van der Waals surface area contributed by atoms with E-state index in [1.807, 2.05) is 0 Å². The molecule has 0 saturated carbocycles. The van der Waals surface area contributed by atoms with Gasteiger partial charge in [0.05, 0.1) is 6.10 Å². The summed E-state index contributed by atoms with van der Waals surface area (Å²) in [6.07, 6.45) is -0.586. The van der Waals surface area contributed by atoms with Gasteiger partial charge in [-0.15, -0.1) is 0 Å². The van der Waals surface area contributed by atoms with E-state index in [1.54, 1.807) is 34.6 Å². The lowest BCUT2D eigenvalue weighted by atomic mass is 10.0. The van der Waals surface area contributed by atoms with Crippen molar-refractivity contribution in [2.75, 3.05) is 0 Å². The highest BCUT2D eigenvalue weighted by Crippen LogP contribution is 2.26. The Morgan fingerprint density at radius 3 is 2.13 bits per heavy atom. The maximum atomic E-state index is 13.4. The summed E-state index contributed by atoms with van der Waals surface area (Å²) in [5.41, 5.74) is -3.08. The Morgan fingerprint density at radius 1 is 1.26 bits per heavy atom. The molecular formula is C15H21F2NO4S. The van der Waals surface area contributed by atoms with E-state index in [-0.39, 0.29) is 0 Å². The van der Waals surface area contributed by atoms with E-state index in [2.05, 4.69) is 4.72 Å². The van der Waals surface area contributed by atoms with Gasteiger partial charge in [-0.1, -0.05) is 4.72 Å². The molecule has 0 fully saturated rings. The standard InChI is InChI=1S/C15H21F2NO4S/c1-9(2)22-13(19)15(20,18-23(21)14(3,4)5)10-6-11(16)8-12(17)7-10/h6-9,18,20H,1-5H3/t15?,23-/m0/s1. The van der Waals surface area contributed by atoms with Crippen LogP contribution < -0.4 is 4.72 Å². The molecule has 1 aromatic rings. The Kier molecular flexibility index (Phi) is 6.14. The first-order chi connectivity index (χ1) is 10.4. The number of ether oxygens (including phenoxy) is 1. The van der Waals surface area contributed by atoms with Gasteiger partial charge in [-0.25, -0.2) is 13.6 Å². The minimum Gasteiger partial charge on any atom is -0.598 e. The van der Waals surface area contributed by atoms with E-state index >= 15 is 0 Å². The molecule has 1 rings (SSSR count). The lowest BCUT2D eigenvalue weighted by molar-refractivity contribution is -0.172. The van der Waals surface area contributed by atoms with Crippen LogP contribution in [0.2, 0.25) is 0 Å². The normalized spacial score (nSPS) is 16.1. The van der Waals surface area contributed by atoms with Gasteiger partial charge in [-0.2, -0.15) is 0 Å². The third-order valence-corrected chi connectivity index (χ3v) is 4.31. The van der Waals surface area contributed by atoms with E-state index in [4.69, 9.17) is 4.74 Å². The summed E-state index contributed by atoms with van der Waals surface area (Å²) in [5, 5.41) is 10.7. The zero-order valence-electron chi connectivity index (χ0n) is 13.6. The lowest BCUT2D eigenvalue weighted by Gasteiger charge is -2.32. The quantitative estimate of drug-likeness (QED) is 0.483. The summed E-state index contributed by atoms with van der Waals surface area (Å²) in [6.45, 7) is 7.92. The number of carbonyl (C=O) groups is 1. The first kappa shape index (κ1) is 19.8. The number of benzene rings is 1. The number of rotatable bonds is 5. The zero-order chi connectivity index (χ0) is 18.0. The van der Waals surface area contributed by atoms with Crippen LogP contribution in [-0.4, -0.2) is 26.5 Å². The summed E-state index contributed by atoms with van der Waals surface area (Å²) in [4.78, 5) is 12.2. The molecule has 130 valence electrons. The second kappa shape index (κ2) is 7.12. The highest BCUT2D eigenvalue weighted by atomic mass is 32.2. The molecule has 0 saturated heterocycles. The molecular weight excluding hydrogens is 328 g/mol. The van der Waals surface area contributed by atoms with Gasteiger partial charge < -0.3 is 14.4 Å². The lowest BCUT2D eigenvalue weighted by Crippen LogP contribution is -2.56. The summed E-state index contributed by atoms with van der Waals surface area (Å²) in [7, 11) is 0. The molecule has 1 unspecified atom stereocenters. The van der Waals surface area contributed by atoms with Gasteiger partial charge in [-0.05, 0) is 46.8 Å². The van der Waals surface area contributed by atoms with Crippen LogP contribution in [0.15, 0.2) is 18.2 Å². The molecule has 2 atom stereocenters. The first-order valence-electron chi connectivity index (χ1n) is 6.96. The van der Waals surface area contributed by atoms with Gasteiger partial charge in [0.15, 0.2) is 0 Å². The molecule has 0 aliphatic heterocycles. The highest BCUT2D eigenvalue weighted by molar-refractivity contribution is 7.90. The Morgan fingerprint density at radius 2 is 1.74 bits per heavy atom. The fraction of sp³-hybridized carbons (Fsp3) is 0.533. The zero-order valence-corrected chi connectivity index (χ0v) is 14.5. The summed E-state index contributed by atoms with van der Waals surface area (Å²) in [6, 6.07) is 2.15. The minimum absolute atomic E-state index is 0.432. The molecule has 0 amide bonds. The molecule has 5 nitrogen and oxygen atoms in total. The van der Waals surface area contributed by atoms with Crippen molar-refractivity contribution in [1.82, 2.24) is 4.72 Å². The van der Waals surface area contributed by atoms with Gasteiger partial charge in [0.25, 0.3) is 5.72 Å². The van der Waals surface area contributed by atoms with Gasteiger partial charge in [0.2, 0.25) is 0 Å². The number of halogens is 2. The molecule has 2 N–H and O–H groups in total. The molecule has 0 spiro atoms. The second-order valence-corrected chi connectivity index (χ2v) is 8.27. The van der Waals surface area contributed by atoms with Gasteiger partial charge in [-0.3, -0.25) is 0 Å². The monoisotopic (exact) mass is 349 g/mol. The van der Waals surface area contributed by atoms with Crippen molar-refractivity contribution in [2.24, 2.45) is 0 Å². The van der Waals surface area contributed by atoms with Crippen LogP contribution >= 0.6 is 0 Å². The van der Waals surface area contributed by atoms with Gasteiger partial charge in [0, 0.05) is 23.0 Å².